The minimum Gasteiger partial charge on any atom is -0.508 e. The second-order valence-corrected chi connectivity index (χ2v) is 13.0. The van der Waals surface area contributed by atoms with E-state index in [9.17, 15) is 31.1 Å². The summed E-state index contributed by atoms with van der Waals surface area (Å²) in [6.07, 6.45) is -0.302. The quantitative estimate of drug-likeness (QED) is 0.193. The third-order valence-corrected chi connectivity index (χ3v) is 8.95. The molecule has 1 saturated heterocycles. The topological polar surface area (TPSA) is 113 Å². The van der Waals surface area contributed by atoms with Crippen molar-refractivity contribution in [1.29, 1.82) is 0 Å². The number of hydrogen-bond acceptors (Lipinski definition) is 8. The highest BCUT2D eigenvalue weighted by Crippen LogP contribution is 2.47. The van der Waals surface area contributed by atoms with Gasteiger partial charge in [0, 0.05) is 22.9 Å². The van der Waals surface area contributed by atoms with Crippen LogP contribution in [0.5, 0.6) is 23.0 Å². The van der Waals surface area contributed by atoms with Gasteiger partial charge in [0.15, 0.2) is 15.6 Å². The van der Waals surface area contributed by atoms with Gasteiger partial charge in [0.2, 0.25) is 0 Å². The van der Waals surface area contributed by atoms with E-state index in [2.05, 4.69) is 4.90 Å². The van der Waals surface area contributed by atoms with Crippen LogP contribution in [0.25, 0.3) is 20.5 Å². The van der Waals surface area contributed by atoms with Crippen LogP contribution < -0.4 is 9.47 Å². The molecule has 4 aromatic rings. The van der Waals surface area contributed by atoms with E-state index in [1.165, 1.54) is 42.7 Å². The van der Waals surface area contributed by atoms with E-state index in [1.54, 1.807) is 24.3 Å². The molecule has 0 saturated carbocycles. The highest BCUT2D eigenvalue weighted by molar-refractivity contribution is 7.90. The lowest BCUT2D eigenvalue weighted by atomic mass is 10.1. The number of phenols is 1. The van der Waals surface area contributed by atoms with Gasteiger partial charge >= 0.3 is 12.1 Å². The predicted octanol–water partition coefficient (Wildman–Crippen LogP) is 7.11. The maximum Gasteiger partial charge on any atom is 0.490 e. The van der Waals surface area contributed by atoms with Crippen LogP contribution in [0.4, 0.5) is 17.6 Å². The number of sulfone groups is 1. The number of carboxylic acids is 1. The number of nitrogens with zero attached hydrogens (tertiary/aromatic N) is 1. The van der Waals surface area contributed by atoms with Crippen molar-refractivity contribution < 1.29 is 50.5 Å². The highest BCUT2D eigenvalue weighted by Gasteiger charge is 2.38. The van der Waals surface area contributed by atoms with Crippen molar-refractivity contribution in [3.05, 3.63) is 66.5 Å². The second-order valence-electron chi connectivity index (χ2n) is 9.99. The molecule has 0 aliphatic carbocycles. The number of benzene rings is 3. The van der Waals surface area contributed by atoms with Crippen LogP contribution in [0.3, 0.4) is 0 Å². The first-order valence-electron chi connectivity index (χ1n) is 13.4. The fourth-order valence-electron chi connectivity index (χ4n) is 4.49. The molecule has 0 amide bonds. The maximum atomic E-state index is 14.7. The third-order valence-electron chi connectivity index (χ3n) is 6.63. The molecule has 1 aliphatic heterocycles. The van der Waals surface area contributed by atoms with E-state index >= 15 is 0 Å². The Kier molecular flexibility index (Phi) is 10.4. The molecule has 0 bridgehead atoms. The van der Waals surface area contributed by atoms with E-state index in [1.807, 2.05) is 24.3 Å². The normalized spacial score (nSPS) is 14.1. The molecule has 5 rings (SSSR count). The number of aliphatic carboxylic acids is 1. The molecule has 1 aliphatic rings. The number of phenolic OH excluding ortho intramolecular Hbond substituents is 1. The molecule has 1 fully saturated rings. The van der Waals surface area contributed by atoms with Crippen molar-refractivity contribution in [3.63, 3.8) is 0 Å². The first-order valence-corrected chi connectivity index (χ1v) is 16.1. The lowest BCUT2D eigenvalue weighted by Crippen LogP contribution is -2.33. The Hall–Kier alpha value is -3.88. The number of alkyl halides is 3. The van der Waals surface area contributed by atoms with Gasteiger partial charge in [-0.15, -0.1) is 11.3 Å². The molecule has 0 atom stereocenters. The molecule has 0 unspecified atom stereocenters. The number of ether oxygens (including phenoxy) is 2. The van der Waals surface area contributed by atoms with Crippen molar-refractivity contribution in [2.45, 2.75) is 30.3 Å². The number of halogens is 4. The van der Waals surface area contributed by atoms with Crippen LogP contribution in [-0.4, -0.2) is 68.2 Å². The van der Waals surface area contributed by atoms with Crippen LogP contribution in [0.1, 0.15) is 19.3 Å². The molecule has 8 nitrogen and oxygen atoms in total. The van der Waals surface area contributed by atoms with Crippen LogP contribution in [0, 0.1) is 5.82 Å². The maximum absolute atomic E-state index is 14.7. The monoisotopic (exact) mass is 655 g/mol. The average Bonchev–Trinajstić information content (AvgIpc) is 3.30. The third kappa shape index (κ3) is 8.61. The second kappa shape index (κ2) is 13.8. The van der Waals surface area contributed by atoms with E-state index in [0.717, 1.165) is 41.7 Å². The Bertz CT molecular complexity index is 1720. The zero-order valence-corrected chi connectivity index (χ0v) is 25.1. The molecule has 3 aromatic carbocycles. The average molecular weight is 656 g/mol. The smallest absolute Gasteiger partial charge is 0.490 e. The number of hydrogen-bond donors (Lipinski definition) is 2. The minimum absolute atomic E-state index is 0.108. The number of aromatic hydroxyl groups is 1. The van der Waals surface area contributed by atoms with E-state index in [-0.39, 0.29) is 10.6 Å². The first-order chi connectivity index (χ1) is 20.7. The minimum atomic E-state index is -5.08. The summed E-state index contributed by atoms with van der Waals surface area (Å²) in [6.45, 7) is 3.79. The Morgan fingerprint density at radius 3 is 2.20 bits per heavy atom. The summed E-state index contributed by atoms with van der Waals surface area (Å²) in [4.78, 5) is 11.6. The fourth-order valence-corrected chi connectivity index (χ4v) is 6.38. The van der Waals surface area contributed by atoms with Crippen molar-refractivity contribution >= 4 is 37.2 Å². The fraction of sp³-hybridized carbons (Fsp3) is 0.300. The van der Waals surface area contributed by atoms with Gasteiger partial charge in [0.05, 0.1) is 4.88 Å². The molecular weight excluding hydrogens is 626 g/mol. The number of thiophene rings is 1. The van der Waals surface area contributed by atoms with Gasteiger partial charge in [-0.3, -0.25) is 4.90 Å². The number of carbonyl (C=O) groups is 1. The molecule has 14 heteroatoms. The largest absolute Gasteiger partial charge is 0.508 e. The summed E-state index contributed by atoms with van der Waals surface area (Å²) in [5.41, 5.74) is 0.484. The zero-order valence-electron chi connectivity index (χ0n) is 23.4. The van der Waals surface area contributed by atoms with Gasteiger partial charge in [-0.25, -0.2) is 17.6 Å². The first kappa shape index (κ1) is 33.0. The summed E-state index contributed by atoms with van der Waals surface area (Å²) in [5.74, 6) is -1.64. The molecule has 0 radical (unpaired) electrons. The van der Waals surface area contributed by atoms with Crippen LogP contribution in [0.2, 0.25) is 0 Å². The Balaban J connectivity index is 0.000000566. The van der Waals surface area contributed by atoms with E-state index < -0.39 is 27.8 Å². The molecule has 236 valence electrons. The van der Waals surface area contributed by atoms with Crippen LogP contribution in [-0.2, 0) is 14.6 Å². The highest BCUT2D eigenvalue weighted by atomic mass is 32.2. The summed E-state index contributed by atoms with van der Waals surface area (Å²) in [6, 6.07) is 16.3. The Morgan fingerprint density at radius 2 is 1.61 bits per heavy atom. The zero-order chi connectivity index (χ0) is 32.1. The Labute approximate surface area is 255 Å². The van der Waals surface area contributed by atoms with Gasteiger partial charge < -0.3 is 19.7 Å². The van der Waals surface area contributed by atoms with Gasteiger partial charge in [-0.2, -0.15) is 13.2 Å². The number of likely N-dealkylation sites (tertiary alicyclic amines) is 1. The predicted molar refractivity (Wildman–Crippen MR) is 158 cm³/mol. The van der Waals surface area contributed by atoms with Gasteiger partial charge in [0.1, 0.15) is 34.6 Å². The summed E-state index contributed by atoms with van der Waals surface area (Å²) >= 11 is 1.33. The van der Waals surface area contributed by atoms with Crippen molar-refractivity contribution in [2.75, 3.05) is 32.5 Å². The summed E-state index contributed by atoms with van der Waals surface area (Å²) < 4.78 is 83.1. The molecule has 2 N–H and O–H groups in total. The van der Waals surface area contributed by atoms with Crippen LogP contribution >= 0.6 is 11.3 Å². The summed E-state index contributed by atoms with van der Waals surface area (Å²) in [5, 5.41) is 17.8. The number of fused-ring (bicyclic) bond motifs is 1. The molecule has 44 heavy (non-hydrogen) atoms. The van der Waals surface area contributed by atoms with Crippen molar-refractivity contribution in [1.82, 2.24) is 4.90 Å². The van der Waals surface area contributed by atoms with Crippen molar-refractivity contribution in [2.24, 2.45) is 0 Å². The molecular formula is C30H29F4NO7S2. The SMILES string of the molecule is CS(=O)(=O)c1ccc(-c2sc3cc(O)ccc3c2Oc2ccc(OCCN3CCCCC3)cc2)cc1F.O=C(O)C(F)(F)F. The lowest BCUT2D eigenvalue weighted by Gasteiger charge is -2.26. The molecule has 0 spiro atoms. The standard InChI is InChI=1S/C28H28FNO5S2.C2HF3O2/c1-37(32,33)26-12-5-19(17-24(26)29)28-27(23-11-6-20(31)18-25(23)36-28)35-22-9-7-21(8-10-22)34-16-15-30-13-3-2-4-14-30;3-2(4,5)1(6)7/h5-12,17-18,31H,2-4,13-16H2,1H3;(H,6,7). The van der Waals surface area contributed by atoms with Gasteiger partial charge in [-0.05, 0) is 86.1 Å². The number of piperidine rings is 1. The van der Waals surface area contributed by atoms with E-state index in [4.69, 9.17) is 19.4 Å². The van der Waals surface area contributed by atoms with Crippen LogP contribution in [0.15, 0.2) is 65.6 Å². The number of carboxylic acid groups (broad SMARTS) is 1. The van der Waals surface area contributed by atoms with Gasteiger partial charge in [-0.1, -0.05) is 12.5 Å². The van der Waals surface area contributed by atoms with Crippen molar-refractivity contribution in [3.8, 4) is 33.4 Å². The van der Waals surface area contributed by atoms with E-state index in [0.29, 0.717) is 28.5 Å². The Morgan fingerprint density at radius 1 is 0.977 bits per heavy atom. The summed E-state index contributed by atoms with van der Waals surface area (Å²) in [7, 11) is -3.69. The number of rotatable bonds is 8. The molecule has 1 aromatic heterocycles. The molecule has 2 heterocycles. The lowest BCUT2D eigenvalue weighted by molar-refractivity contribution is -0.192. The van der Waals surface area contributed by atoms with Gasteiger partial charge in [0.25, 0.3) is 0 Å².